The number of carboxylic acid groups (broad SMARTS) is 3. The van der Waals surface area contributed by atoms with Gasteiger partial charge in [-0.2, -0.15) is 0 Å². The van der Waals surface area contributed by atoms with Crippen LogP contribution < -0.4 is 59.7 Å². The van der Waals surface area contributed by atoms with Crippen molar-refractivity contribution >= 4 is 65.2 Å². The number of amides is 7. The second-order valence-corrected chi connectivity index (χ2v) is 13.3. The van der Waals surface area contributed by atoms with E-state index in [0.29, 0.717) is 32.2 Å². The fraction of sp³-hybridized carbons (Fsp3) is 0.667. The van der Waals surface area contributed by atoms with Crippen LogP contribution in [0.5, 0.6) is 0 Å². The number of aliphatic imine (C=N–C) groups is 1. The number of carboxylic acids is 3. The first kappa shape index (κ1) is 50.9. The fourth-order valence-corrected chi connectivity index (χ4v) is 5.43. The molecule has 1 aliphatic rings. The summed E-state index contributed by atoms with van der Waals surface area (Å²) in [7, 11) is 0. The van der Waals surface area contributed by atoms with Crippen LogP contribution in [0.2, 0.25) is 0 Å². The number of carbonyl (C=O) groups excluding carboxylic acids is 7. The third-order valence-corrected chi connectivity index (χ3v) is 8.51. The Bertz CT molecular complexity index is 1520. The lowest BCUT2D eigenvalue weighted by Crippen LogP contribution is -2.59. The summed E-state index contributed by atoms with van der Waals surface area (Å²) in [5.41, 5.74) is 16.0. The Morgan fingerprint density at radius 2 is 1.22 bits per heavy atom. The zero-order valence-electron chi connectivity index (χ0n) is 32.3. The van der Waals surface area contributed by atoms with Crippen molar-refractivity contribution in [2.45, 2.75) is 100 Å². The summed E-state index contributed by atoms with van der Waals surface area (Å²) >= 11 is 0. The topological polar surface area (TPSA) is 438 Å². The van der Waals surface area contributed by atoms with E-state index in [2.05, 4.69) is 47.5 Å². The third-order valence-electron chi connectivity index (χ3n) is 8.51. The van der Waals surface area contributed by atoms with E-state index in [1.54, 1.807) is 0 Å². The van der Waals surface area contributed by atoms with E-state index in [-0.39, 0.29) is 38.3 Å². The molecule has 6 atom stereocenters. The third kappa shape index (κ3) is 21.3. The van der Waals surface area contributed by atoms with E-state index in [0.717, 1.165) is 0 Å². The molecule has 1 heterocycles. The standard InChI is InChI=1S/C33H56N12O14/c34-10-2-1-5-18(27(53)39-15-24(48)42-20(32(58)59)7-4-12-38-33(35)36)41-23(47)14-40-28(54)19(8-9-25(49)50)43-30(56)21(13-26(51)52)44-31(57)22(16-46)45-29(55)17-6-3-11-37-17/h17-22,37,46H,1-16,34H2,(H,39,53)(H,40,54)(H,41,47)(H,42,48)(H,43,56)(H,44,57)(H,45,55)(H,49,50)(H,51,52)(H,58,59)(H4,35,36,38)/t17-,18-,19-,20-,21+,22-/m0/s1. The van der Waals surface area contributed by atoms with Crippen LogP contribution in [0.25, 0.3) is 0 Å². The van der Waals surface area contributed by atoms with Crippen molar-refractivity contribution in [1.82, 2.24) is 42.5 Å². The summed E-state index contributed by atoms with van der Waals surface area (Å²) in [6.45, 7) is -1.49. The molecule has 1 aliphatic heterocycles. The predicted molar refractivity (Wildman–Crippen MR) is 203 cm³/mol. The molecule has 0 saturated carbocycles. The molecule has 1 saturated heterocycles. The summed E-state index contributed by atoms with van der Waals surface area (Å²) in [6, 6.07) is -8.37. The number of aliphatic hydroxyl groups excluding tert-OH is 1. The molecule has 0 spiro atoms. The Morgan fingerprint density at radius 1 is 0.661 bits per heavy atom. The number of hydrogen-bond donors (Lipinski definition) is 15. The van der Waals surface area contributed by atoms with Gasteiger partial charge in [0.2, 0.25) is 41.4 Å². The highest BCUT2D eigenvalue weighted by molar-refractivity contribution is 5.97. The Labute approximate surface area is 338 Å². The molecule has 1 fully saturated rings. The number of nitrogens with one attached hydrogen (secondary N) is 8. The maximum Gasteiger partial charge on any atom is 0.326 e. The highest BCUT2D eigenvalue weighted by atomic mass is 16.4. The van der Waals surface area contributed by atoms with Crippen LogP contribution in [-0.2, 0) is 47.9 Å². The van der Waals surface area contributed by atoms with E-state index in [4.69, 9.17) is 17.2 Å². The van der Waals surface area contributed by atoms with Crippen molar-refractivity contribution in [3.05, 3.63) is 0 Å². The van der Waals surface area contributed by atoms with E-state index in [9.17, 15) is 68.4 Å². The smallest absolute Gasteiger partial charge is 0.326 e. The lowest BCUT2D eigenvalue weighted by atomic mass is 10.1. The van der Waals surface area contributed by atoms with Gasteiger partial charge in [0.15, 0.2) is 5.96 Å². The van der Waals surface area contributed by atoms with E-state index in [1.165, 1.54) is 0 Å². The quantitative estimate of drug-likeness (QED) is 0.0189. The van der Waals surface area contributed by atoms with Gasteiger partial charge in [-0.15, -0.1) is 0 Å². The largest absolute Gasteiger partial charge is 0.481 e. The van der Waals surface area contributed by atoms with Crippen molar-refractivity contribution < 1.29 is 68.4 Å². The molecule has 7 amide bonds. The fourth-order valence-electron chi connectivity index (χ4n) is 5.43. The number of nitrogens with two attached hydrogens (primary N) is 3. The maximum absolute atomic E-state index is 13.2. The lowest BCUT2D eigenvalue weighted by Gasteiger charge is -2.24. The van der Waals surface area contributed by atoms with Gasteiger partial charge in [0.05, 0.1) is 32.2 Å². The van der Waals surface area contributed by atoms with Crippen LogP contribution in [0, 0.1) is 0 Å². The van der Waals surface area contributed by atoms with Crippen LogP contribution in [0.3, 0.4) is 0 Å². The van der Waals surface area contributed by atoms with Gasteiger partial charge in [0.1, 0.15) is 30.2 Å². The van der Waals surface area contributed by atoms with Crippen molar-refractivity contribution in [2.75, 3.05) is 39.3 Å². The molecule has 26 heteroatoms. The molecule has 0 aliphatic carbocycles. The number of aliphatic carboxylic acids is 3. The average molecular weight is 845 g/mol. The predicted octanol–water partition coefficient (Wildman–Crippen LogP) is -7.01. The van der Waals surface area contributed by atoms with Crippen LogP contribution in [0.15, 0.2) is 4.99 Å². The first-order valence-corrected chi connectivity index (χ1v) is 18.7. The van der Waals surface area contributed by atoms with Crippen molar-refractivity contribution in [1.29, 1.82) is 0 Å². The van der Waals surface area contributed by atoms with Gasteiger partial charge in [-0.1, -0.05) is 0 Å². The van der Waals surface area contributed by atoms with Gasteiger partial charge < -0.3 is 80.2 Å². The van der Waals surface area contributed by atoms with Crippen molar-refractivity contribution in [3.63, 3.8) is 0 Å². The SMILES string of the molecule is NCCCC[C@H](NC(=O)CNC(=O)[C@H](CCC(=O)O)NC(=O)[C@@H](CC(=O)O)NC(=O)[C@H](CO)NC(=O)[C@@H]1CCCN1)C(=O)NCC(=O)N[C@@H](CCCN=C(N)N)C(=O)O. The van der Waals surface area contributed by atoms with Crippen LogP contribution in [0.4, 0.5) is 0 Å². The highest BCUT2D eigenvalue weighted by Crippen LogP contribution is 2.07. The van der Waals surface area contributed by atoms with Gasteiger partial charge in [0.25, 0.3) is 0 Å². The minimum atomic E-state index is -1.88. The molecule has 0 aromatic carbocycles. The van der Waals surface area contributed by atoms with Crippen LogP contribution in [-0.4, -0.2) is 161 Å². The molecule has 26 nitrogen and oxygen atoms in total. The van der Waals surface area contributed by atoms with Gasteiger partial charge in [0, 0.05) is 13.0 Å². The van der Waals surface area contributed by atoms with Crippen molar-refractivity contribution in [3.8, 4) is 0 Å². The van der Waals surface area contributed by atoms with E-state index >= 15 is 0 Å². The normalized spacial score (nSPS) is 15.7. The number of rotatable bonds is 29. The number of hydrogen-bond acceptors (Lipinski definition) is 14. The van der Waals surface area contributed by atoms with Crippen LogP contribution in [0.1, 0.15) is 64.2 Å². The molecule has 1 rings (SSSR count). The molecular weight excluding hydrogens is 788 g/mol. The zero-order chi connectivity index (χ0) is 44.5. The molecule has 0 aromatic rings. The Balaban J connectivity index is 2.94. The van der Waals surface area contributed by atoms with Crippen LogP contribution >= 0.6 is 0 Å². The second kappa shape index (κ2) is 27.5. The first-order valence-electron chi connectivity index (χ1n) is 18.7. The molecule has 0 radical (unpaired) electrons. The summed E-state index contributed by atoms with van der Waals surface area (Å²) in [6.07, 6.45) is -0.118. The second-order valence-electron chi connectivity index (χ2n) is 13.3. The molecular formula is C33H56N12O14. The average Bonchev–Trinajstić information content (AvgIpc) is 3.72. The summed E-state index contributed by atoms with van der Waals surface area (Å²) in [5, 5.41) is 56.3. The van der Waals surface area contributed by atoms with Crippen molar-refractivity contribution in [2.24, 2.45) is 22.2 Å². The Kier molecular flexibility index (Phi) is 23.7. The van der Waals surface area contributed by atoms with Gasteiger partial charge in [-0.25, -0.2) is 4.79 Å². The van der Waals surface area contributed by atoms with Gasteiger partial charge >= 0.3 is 17.9 Å². The lowest BCUT2D eigenvalue weighted by molar-refractivity contribution is -0.142. The Morgan fingerprint density at radius 3 is 1.73 bits per heavy atom. The molecule has 18 N–H and O–H groups in total. The molecule has 0 unspecified atom stereocenters. The molecule has 0 bridgehead atoms. The number of guanidine groups is 1. The number of nitrogens with zero attached hydrogens (tertiary/aromatic N) is 1. The first-order chi connectivity index (χ1) is 27.9. The maximum atomic E-state index is 13.2. The summed E-state index contributed by atoms with van der Waals surface area (Å²) < 4.78 is 0. The highest BCUT2D eigenvalue weighted by Gasteiger charge is 2.33. The van der Waals surface area contributed by atoms with Gasteiger partial charge in [-0.05, 0) is 64.5 Å². The monoisotopic (exact) mass is 844 g/mol. The molecule has 59 heavy (non-hydrogen) atoms. The summed E-state index contributed by atoms with van der Waals surface area (Å²) in [5.74, 6) is -11.2. The minimum absolute atomic E-state index is 0.0269. The number of aliphatic hydroxyl groups is 1. The van der Waals surface area contributed by atoms with E-state index < -0.39 is 134 Å². The van der Waals surface area contributed by atoms with Gasteiger partial charge in [-0.3, -0.25) is 48.1 Å². The molecule has 332 valence electrons. The Hall–Kier alpha value is -6.15. The summed E-state index contributed by atoms with van der Waals surface area (Å²) in [4.78, 5) is 128. The number of carbonyl (C=O) groups is 10. The molecule has 0 aromatic heterocycles. The van der Waals surface area contributed by atoms with E-state index in [1.807, 2.05) is 0 Å². The number of unbranched alkanes of at least 4 members (excludes halogenated alkanes) is 1. The minimum Gasteiger partial charge on any atom is -0.481 e. The zero-order valence-corrected chi connectivity index (χ0v) is 32.3.